The molecule has 0 atom stereocenters. The molecule has 0 bridgehead atoms. The molecule has 1 aromatic heterocycles. The Morgan fingerprint density at radius 3 is 2.57 bits per heavy atom. The van der Waals surface area contributed by atoms with E-state index in [1.165, 1.54) is 60.6 Å². The summed E-state index contributed by atoms with van der Waals surface area (Å²) < 4.78 is 2.52. The van der Waals surface area contributed by atoms with Gasteiger partial charge >= 0.3 is 0 Å². The maximum Gasteiger partial charge on any atom is 0.247 e. The molecule has 0 N–H and O–H groups in total. The zero-order valence-electron chi connectivity index (χ0n) is 15.7. The highest BCUT2D eigenvalue weighted by atomic mass is 15.0. The average molecular weight is 355 g/mol. The molecule has 1 nitrogen and oxygen atoms in total. The first kappa shape index (κ1) is 14.8. The summed E-state index contributed by atoms with van der Waals surface area (Å²) >= 11 is 0. The number of hydrogen-bond acceptors (Lipinski definition) is 0. The first-order valence-corrected chi connectivity index (χ1v) is 10.0. The molecule has 2 aliphatic heterocycles. The highest BCUT2D eigenvalue weighted by molar-refractivity contribution is 6.98. The third-order valence-corrected chi connectivity index (χ3v) is 6.74. The van der Waals surface area contributed by atoms with Crippen molar-refractivity contribution in [2.45, 2.75) is 13.3 Å². The summed E-state index contributed by atoms with van der Waals surface area (Å²) in [5.41, 5.74) is 12.8. The molecule has 3 heterocycles. The number of fused-ring (bicyclic) bond motifs is 8. The molecule has 5 aromatic rings. The summed E-state index contributed by atoms with van der Waals surface area (Å²) in [4.78, 5) is 0. The molecule has 4 aromatic carbocycles. The van der Waals surface area contributed by atoms with E-state index in [1.54, 1.807) is 0 Å². The maximum atomic E-state index is 2.52. The van der Waals surface area contributed by atoms with Gasteiger partial charge in [0.1, 0.15) is 0 Å². The van der Waals surface area contributed by atoms with E-state index in [0.29, 0.717) is 6.71 Å². The van der Waals surface area contributed by atoms with E-state index in [9.17, 15) is 0 Å². The van der Waals surface area contributed by atoms with Crippen LogP contribution in [0.25, 0.3) is 27.5 Å². The van der Waals surface area contributed by atoms with E-state index in [2.05, 4.69) is 90.4 Å². The Morgan fingerprint density at radius 1 is 0.750 bits per heavy atom. The standard InChI is InChI=1S/C26H18BN/c1-16-10-13-22-24(14-16)28-23-9-5-3-7-19(23)20-12-11-18-15-17-6-2-4-8-21(17)27(22)25(18)26(20)28/h2-14H,15H2,1H3. The monoisotopic (exact) mass is 355 g/mol. The number of hydrogen-bond donors (Lipinski definition) is 0. The number of rotatable bonds is 0. The highest BCUT2D eigenvalue weighted by Gasteiger charge is 2.38. The molecule has 28 heavy (non-hydrogen) atoms. The van der Waals surface area contributed by atoms with Crippen LogP contribution in [0, 0.1) is 6.92 Å². The van der Waals surface area contributed by atoms with Gasteiger partial charge in [0.2, 0.25) is 6.71 Å². The lowest BCUT2D eigenvalue weighted by Crippen LogP contribution is -2.60. The number of benzene rings is 4. The van der Waals surface area contributed by atoms with Crippen LogP contribution < -0.4 is 16.4 Å². The second-order valence-corrected chi connectivity index (χ2v) is 8.26. The molecule has 0 saturated carbocycles. The third-order valence-electron chi connectivity index (χ3n) is 6.74. The summed E-state index contributed by atoms with van der Waals surface area (Å²) in [6, 6.07) is 29.6. The van der Waals surface area contributed by atoms with Crippen LogP contribution in [0.2, 0.25) is 0 Å². The Balaban J connectivity index is 1.77. The predicted molar refractivity (Wildman–Crippen MR) is 119 cm³/mol. The summed E-state index contributed by atoms with van der Waals surface area (Å²) in [7, 11) is 0. The van der Waals surface area contributed by atoms with Gasteiger partial charge in [0, 0.05) is 22.0 Å². The molecular formula is C26H18BN. The topological polar surface area (TPSA) is 4.93 Å². The number of nitrogens with zero attached hydrogens (tertiary/aromatic N) is 1. The Morgan fingerprint density at radius 2 is 1.61 bits per heavy atom. The molecule has 0 radical (unpaired) electrons. The summed E-state index contributed by atoms with van der Waals surface area (Å²) in [6.07, 6.45) is 1.03. The molecule has 0 spiro atoms. The molecule has 0 aliphatic carbocycles. The number of aryl methyl sites for hydroxylation is 1. The largest absolute Gasteiger partial charge is 0.310 e. The van der Waals surface area contributed by atoms with Gasteiger partial charge in [-0.25, -0.2) is 0 Å². The van der Waals surface area contributed by atoms with E-state index in [-0.39, 0.29) is 0 Å². The van der Waals surface area contributed by atoms with Crippen molar-refractivity contribution in [1.29, 1.82) is 0 Å². The van der Waals surface area contributed by atoms with Crippen LogP contribution in [-0.2, 0) is 6.42 Å². The second kappa shape index (κ2) is 4.96. The van der Waals surface area contributed by atoms with Gasteiger partial charge in [0.15, 0.2) is 0 Å². The first-order valence-electron chi connectivity index (χ1n) is 10.0. The minimum Gasteiger partial charge on any atom is -0.310 e. The molecular weight excluding hydrogens is 337 g/mol. The Labute approximate surface area is 164 Å². The normalized spacial score (nSPS) is 13.7. The van der Waals surface area contributed by atoms with E-state index in [4.69, 9.17) is 0 Å². The van der Waals surface area contributed by atoms with Gasteiger partial charge in [0.05, 0.1) is 5.52 Å². The van der Waals surface area contributed by atoms with Crippen molar-refractivity contribution in [3.8, 4) is 5.69 Å². The summed E-state index contributed by atoms with van der Waals surface area (Å²) in [5.74, 6) is 0. The Kier molecular flexibility index (Phi) is 2.62. The lowest BCUT2D eigenvalue weighted by atomic mass is 9.32. The van der Waals surface area contributed by atoms with Gasteiger partial charge in [-0.2, -0.15) is 0 Å². The van der Waals surface area contributed by atoms with E-state index >= 15 is 0 Å². The summed E-state index contributed by atoms with van der Waals surface area (Å²) in [5, 5.41) is 2.73. The predicted octanol–water partition coefficient (Wildman–Crippen LogP) is 3.83. The van der Waals surface area contributed by atoms with Crippen LogP contribution in [0.1, 0.15) is 16.7 Å². The van der Waals surface area contributed by atoms with Crippen LogP contribution >= 0.6 is 0 Å². The molecule has 130 valence electrons. The fraction of sp³-hybridized carbons (Fsp3) is 0.0769. The van der Waals surface area contributed by atoms with Gasteiger partial charge in [-0.3, -0.25) is 0 Å². The second-order valence-electron chi connectivity index (χ2n) is 8.26. The minimum atomic E-state index is 0.330. The highest BCUT2D eigenvalue weighted by Crippen LogP contribution is 2.35. The lowest BCUT2D eigenvalue weighted by Gasteiger charge is -2.33. The fourth-order valence-electron chi connectivity index (χ4n) is 5.60. The van der Waals surface area contributed by atoms with Crippen LogP contribution in [0.4, 0.5) is 0 Å². The van der Waals surface area contributed by atoms with Gasteiger partial charge in [-0.05, 0) is 53.1 Å². The van der Waals surface area contributed by atoms with Gasteiger partial charge < -0.3 is 4.57 Å². The van der Waals surface area contributed by atoms with Crippen molar-refractivity contribution in [3.63, 3.8) is 0 Å². The maximum absolute atomic E-state index is 2.52. The zero-order chi connectivity index (χ0) is 18.4. The third kappa shape index (κ3) is 1.65. The quantitative estimate of drug-likeness (QED) is 0.365. The van der Waals surface area contributed by atoms with Crippen LogP contribution in [0.15, 0.2) is 78.9 Å². The average Bonchev–Trinajstić information content (AvgIpc) is 3.07. The molecule has 0 fully saturated rings. The fourth-order valence-corrected chi connectivity index (χ4v) is 5.60. The van der Waals surface area contributed by atoms with E-state index in [1.807, 2.05) is 0 Å². The van der Waals surface area contributed by atoms with Crippen LogP contribution in [0.3, 0.4) is 0 Å². The summed E-state index contributed by atoms with van der Waals surface area (Å²) in [6.45, 7) is 2.53. The number of para-hydroxylation sites is 1. The first-order chi connectivity index (χ1) is 13.8. The van der Waals surface area contributed by atoms with Gasteiger partial charge in [0.25, 0.3) is 0 Å². The van der Waals surface area contributed by atoms with Crippen LogP contribution in [-0.4, -0.2) is 11.3 Å². The molecule has 7 rings (SSSR count). The smallest absolute Gasteiger partial charge is 0.247 e. The van der Waals surface area contributed by atoms with Gasteiger partial charge in [-0.15, -0.1) is 0 Å². The Bertz CT molecular complexity index is 1460. The lowest BCUT2D eigenvalue weighted by molar-refractivity contribution is 1.16. The van der Waals surface area contributed by atoms with Crippen molar-refractivity contribution in [2.75, 3.05) is 0 Å². The van der Waals surface area contributed by atoms with Crippen molar-refractivity contribution in [3.05, 3.63) is 95.6 Å². The van der Waals surface area contributed by atoms with Crippen LogP contribution in [0.5, 0.6) is 0 Å². The van der Waals surface area contributed by atoms with Crippen molar-refractivity contribution in [1.82, 2.24) is 4.57 Å². The molecule has 0 amide bonds. The SMILES string of the molecule is Cc1ccc2c(c1)-n1c3ccccc3c3ccc4c(c31)B2c1ccccc1C4. The number of aromatic nitrogens is 1. The zero-order valence-corrected chi connectivity index (χ0v) is 15.7. The molecule has 0 saturated heterocycles. The molecule has 2 aliphatic rings. The minimum absolute atomic E-state index is 0.330. The Hall–Kier alpha value is -3.26. The van der Waals surface area contributed by atoms with E-state index < -0.39 is 0 Å². The van der Waals surface area contributed by atoms with E-state index in [0.717, 1.165) is 6.42 Å². The van der Waals surface area contributed by atoms with Crippen molar-refractivity contribution in [2.24, 2.45) is 0 Å². The molecule has 2 heteroatoms. The van der Waals surface area contributed by atoms with Crippen molar-refractivity contribution < 1.29 is 0 Å². The van der Waals surface area contributed by atoms with Gasteiger partial charge in [-0.1, -0.05) is 72.2 Å². The van der Waals surface area contributed by atoms with Crippen molar-refractivity contribution >= 4 is 44.9 Å². The molecule has 0 unspecified atom stereocenters.